The lowest BCUT2D eigenvalue weighted by Crippen LogP contribution is -2.47. The molecule has 0 radical (unpaired) electrons. The predicted octanol–water partition coefficient (Wildman–Crippen LogP) is 3.31. The first-order valence-corrected chi connectivity index (χ1v) is 9.15. The number of para-hydroxylation sites is 2. The Morgan fingerprint density at radius 1 is 1.07 bits per heavy atom. The number of benzene rings is 2. The summed E-state index contributed by atoms with van der Waals surface area (Å²) in [6, 6.07) is 13.2. The Labute approximate surface area is 167 Å². The summed E-state index contributed by atoms with van der Waals surface area (Å²) in [4.78, 5) is 29.4. The normalized spacial score (nSPS) is 11.9. The number of carbonyl (C=O) groups excluding carboxylic acids is 2. The van der Waals surface area contributed by atoms with Gasteiger partial charge in [0.2, 0.25) is 5.91 Å². The summed E-state index contributed by atoms with van der Waals surface area (Å²) >= 11 is 6.09. The Bertz CT molecular complexity index is 972. The van der Waals surface area contributed by atoms with Gasteiger partial charge in [-0.3, -0.25) is 9.59 Å². The average molecular weight is 398 g/mol. The van der Waals surface area contributed by atoms with Crippen LogP contribution in [0.2, 0.25) is 5.02 Å². The second-order valence-corrected chi connectivity index (χ2v) is 6.93. The van der Waals surface area contributed by atoms with E-state index in [4.69, 9.17) is 11.6 Å². The number of aromatic nitrogens is 3. The van der Waals surface area contributed by atoms with Gasteiger partial charge >= 0.3 is 0 Å². The van der Waals surface area contributed by atoms with Crippen LogP contribution in [-0.2, 0) is 4.79 Å². The molecule has 2 amide bonds. The molecule has 2 aromatic carbocycles. The molecule has 7 nitrogen and oxygen atoms in total. The molecule has 0 aliphatic heterocycles. The fourth-order valence-corrected chi connectivity index (χ4v) is 2.94. The van der Waals surface area contributed by atoms with Crippen LogP contribution >= 0.6 is 11.6 Å². The first-order chi connectivity index (χ1) is 13.5. The molecule has 0 spiro atoms. The summed E-state index contributed by atoms with van der Waals surface area (Å²) in [6.07, 6.45) is 2.96. The highest BCUT2D eigenvalue weighted by Crippen LogP contribution is 2.20. The highest BCUT2D eigenvalue weighted by Gasteiger charge is 2.26. The minimum absolute atomic E-state index is 0.134. The minimum Gasteiger partial charge on any atom is -0.340 e. The van der Waals surface area contributed by atoms with E-state index in [-0.39, 0.29) is 11.8 Å². The summed E-state index contributed by atoms with van der Waals surface area (Å²) in [7, 11) is 0. The van der Waals surface area contributed by atoms with E-state index >= 15 is 0 Å². The third-order valence-electron chi connectivity index (χ3n) is 4.18. The van der Waals surface area contributed by atoms with E-state index in [0.717, 1.165) is 0 Å². The molecule has 0 saturated carbocycles. The Morgan fingerprint density at radius 3 is 2.46 bits per heavy atom. The smallest absolute Gasteiger partial charge is 0.253 e. The van der Waals surface area contributed by atoms with Gasteiger partial charge in [-0.15, -0.1) is 0 Å². The summed E-state index contributed by atoms with van der Waals surface area (Å²) in [5.41, 5.74) is 1.56. The van der Waals surface area contributed by atoms with Crippen molar-refractivity contribution >= 4 is 29.1 Å². The van der Waals surface area contributed by atoms with Crippen molar-refractivity contribution in [3.05, 3.63) is 71.8 Å². The van der Waals surface area contributed by atoms with Gasteiger partial charge in [0, 0.05) is 0 Å². The van der Waals surface area contributed by atoms with Gasteiger partial charge in [0.15, 0.2) is 0 Å². The number of hydrogen-bond donors (Lipinski definition) is 2. The highest BCUT2D eigenvalue weighted by molar-refractivity contribution is 6.33. The molecular weight excluding hydrogens is 378 g/mol. The SMILES string of the molecule is CC(C)C(NC(=O)c1ccccc1Cl)C(=O)Nc1ccccc1-n1cncn1. The molecule has 0 bridgehead atoms. The van der Waals surface area contributed by atoms with Crippen LogP contribution < -0.4 is 10.6 Å². The molecular formula is C20H20ClN5O2. The van der Waals surface area contributed by atoms with E-state index < -0.39 is 11.9 Å². The number of nitrogens with one attached hydrogen (secondary N) is 2. The quantitative estimate of drug-likeness (QED) is 0.667. The Kier molecular flexibility index (Phi) is 6.06. The molecule has 0 aliphatic rings. The predicted molar refractivity (Wildman–Crippen MR) is 108 cm³/mol. The van der Waals surface area contributed by atoms with Gasteiger partial charge in [-0.1, -0.05) is 49.7 Å². The largest absolute Gasteiger partial charge is 0.340 e. The second kappa shape index (κ2) is 8.67. The van der Waals surface area contributed by atoms with E-state index in [0.29, 0.717) is 22.0 Å². The third-order valence-corrected chi connectivity index (χ3v) is 4.51. The van der Waals surface area contributed by atoms with Gasteiger partial charge in [0.1, 0.15) is 18.7 Å². The zero-order valence-electron chi connectivity index (χ0n) is 15.5. The van der Waals surface area contributed by atoms with Crippen LogP contribution in [0.4, 0.5) is 5.69 Å². The van der Waals surface area contributed by atoms with E-state index in [2.05, 4.69) is 20.7 Å². The number of rotatable bonds is 6. The number of amides is 2. The topological polar surface area (TPSA) is 88.9 Å². The molecule has 1 atom stereocenters. The van der Waals surface area contributed by atoms with Crippen molar-refractivity contribution in [1.29, 1.82) is 0 Å². The molecule has 3 aromatic rings. The minimum atomic E-state index is -0.743. The molecule has 2 N–H and O–H groups in total. The molecule has 28 heavy (non-hydrogen) atoms. The summed E-state index contributed by atoms with van der Waals surface area (Å²) in [5, 5.41) is 10.1. The molecule has 0 fully saturated rings. The van der Waals surface area contributed by atoms with Gasteiger partial charge in [0.25, 0.3) is 5.91 Å². The van der Waals surface area contributed by atoms with Gasteiger partial charge in [-0.2, -0.15) is 5.10 Å². The van der Waals surface area contributed by atoms with Gasteiger partial charge in [-0.05, 0) is 30.2 Å². The van der Waals surface area contributed by atoms with Crippen LogP contribution in [0.25, 0.3) is 5.69 Å². The summed E-state index contributed by atoms with van der Waals surface area (Å²) in [6.45, 7) is 3.72. The van der Waals surface area contributed by atoms with Crippen molar-refractivity contribution < 1.29 is 9.59 Å². The third kappa shape index (κ3) is 4.37. The van der Waals surface area contributed by atoms with Crippen LogP contribution in [0.1, 0.15) is 24.2 Å². The van der Waals surface area contributed by atoms with Crippen LogP contribution in [0.15, 0.2) is 61.2 Å². The molecule has 1 aromatic heterocycles. The molecule has 0 aliphatic carbocycles. The maximum absolute atomic E-state index is 12.9. The Balaban J connectivity index is 1.80. The van der Waals surface area contributed by atoms with Crippen molar-refractivity contribution in [2.45, 2.75) is 19.9 Å². The average Bonchev–Trinajstić information content (AvgIpc) is 3.21. The lowest BCUT2D eigenvalue weighted by Gasteiger charge is -2.22. The number of nitrogens with zero attached hydrogens (tertiary/aromatic N) is 3. The van der Waals surface area contributed by atoms with E-state index in [1.807, 2.05) is 32.0 Å². The zero-order chi connectivity index (χ0) is 20.1. The number of halogens is 1. The standard InChI is InChI=1S/C20H20ClN5O2/c1-13(2)18(25-19(27)14-7-3-4-8-15(14)21)20(28)24-16-9-5-6-10-17(16)26-12-22-11-23-26/h3-13,18H,1-2H3,(H,24,28)(H,25,27). The fourth-order valence-electron chi connectivity index (χ4n) is 2.72. The summed E-state index contributed by atoms with van der Waals surface area (Å²) < 4.78 is 1.56. The monoisotopic (exact) mass is 397 g/mol. The van der Waals surface area contributed by atoms with Crippen LogP contribution in [0, 0.1) is 5.92 Å². The van der Waals surface area contributed by atoms with Gasteiger partial charge in [0.05, 0.1) is 22.0 Å². The number of hydrogen-bond acceptors (Lipinski definition) is 4. The number of anilines is 1. The van der Waals surface area contributed by atoms with Crippen LogP contribution in [0.3, 0.4) is 0 Å². The fraction of sp³-hybridized carbons (Fsp3) is 0.200. The Morgan fingerprint density at radius 2 is 1.79 bits per heavy atom. The van der Waals surface area contributed by atoms with E-state index in [9.17, 15) is 9.59 Å². The van der Waals surface area contributed by atoms with Crippen molar-refractivity contribution in [2.24, 2.45) is 5.92 Å². The lowest BCUT2D eigenvalue weighted by molar-refractivity contribution is -0.118. The van der Waals surface area contributed by atoms with Crippen LogP contribution in [0.5, 0.6) is 0 Å². The Hall–Kier alpha value is -3.19. The van der Waals surface area contributed by atoms with E-state index in [1.165, 1.54) is 6.33 Å². The lowest BCUT2D eigenvalue weighted by atomic mass is 10.0. The van der Waals surface area contributed by atoms with Gasteiger partial charge in [-0.25, -0.2) is 9.67 Å². The molecule has 144 valence electrons. The zero-order valence-corrected chi connectivity index (χ0v) is 16.2. The van der Waals surface area contributed by atoms with Gasteiger partial charge < -0.3 is 10.6 Å². The summed E-state index contributed by atoms with van der Waals surface area (Å²) in [5.74, 6) is -0.864. The van der Waals surface area contributed by atoms with Crippen molar-refractivity contribution in [1.82, 2.24) is 20.1 Å². The van der Waals surface area contributed by atoms with Crippen molar-refractivity contribution in [3.8, 4) is 5.69 Å². The molecule has 1 unspecified atom stereocenters. The second-order valence-electron chi connectivity index (χ2n) is 6.52. The maximum atomic E-state index is 12.9. The first kappa shape index (κ1) is 19.6. The van der Waals surface area contributed by atoms with E-state index in [1.54, 1.807) is 41.3 Å². The molecule has 0 saturated heterocycles. The van der Waals surface area contributed by atoms with Crippen molar-refractivity contribution in [3.63, 3.8) is 0 Å². The van der Waals surface area contributed by atoms with Crippen molar-refractivity contribution in [2.75, 3.05) is 5.32 Å². The molecule has 3 rings (SSSR count). The number of carbonyl (C=O) groups is 2. The molecule has 1 heterocycles. The first-order valence-electron chi connectivity index (χ1n) is 8.77. The highest BCUT2D eigenvalue weighted by atomic mass is 35.5. The molecule has 8 heteroatoms. The van der Waals surface area contributed by atoms with Crippen LogP contribution in [-0.4, -0.2) is 32.6 Å². The maximum Gasteiger partial charge on any atom is 0.253 e.